The second-order valence-corrected chi connectivity index (χ2v) is 5.12. The molecule has 0 amide bonds. The molecule has 21 heavy (non-hydrogen) atoms. The van der Waals surface area contributed by atoms with Crippen LogP contribution in [0.15, 0.2) is 18.2 Å². The second-order valence-electron chi connectivity index (χ2n) is 5.12. The van der Waals surface area contributed by atoms with Crippen molar-refractivity contribution in [3.63, 3.8) is 0 Å². The SMILES string of the molecule is COc1ccc(C(=O)O)c(-n2nnnc2C2CCCC2)c1. The monoisotopic (exact) mass is 288 g/mol. The van der Waals surface area contributed by atoms with Crippen molar-refractivity contribution in [2.75, 3.05) is 7.11 Å². The summed E-state index contributed by atoms with van der Waals surface area (Å²) in [5.41, 5.74) is 0.594. The zero-order chi connectivity index (χ0) is 14.8. The first-order valence-electron chi connectivity index (χ1n) is 6.90. The fourth-order valence-electron chi connectivity index (χ4n) is 2.80. The van der Waals surface area contributed by atoms with Crippen molar-refractivity contribution >= 4 is 5.97 Å². The van der Waals surface area contributed by atoms with E-state index < -0.39 is 5.97 Å². The maximum Gasteiger partial charge on any atom is 0.337 e. The largest absolute Gasteiger partial charge is 0.497 e. The fraction of sp³-hybridized carbons (Fsp3) is 0.429. The Morgan fingerprint density at radius 3 is 2.81 bits per heavy atom. The number of aromatic nitrogens is 4. The lowest BCUT2D eigenvalue weighted by Crippen LogP contribution is -2.12. The third-order valence-corrected chi connectivity index (χ3v) is 3.88. The van der Waals surface area contributed by atoms with Crippen LogP contribution in [0, 0.1) is 0 Å². The number of carboxylic acid groups (broad SMARTS) is 1. The van der Waals surface area contributed by atoms with Crippen LogP contribution in [0.4, 0.5) is 0 Å². The van der Waals surface area contributed by atoms with Crippen molar-refractivity contribution in [1.82, 2.24) is 20.2 Å². The molecule has 2 aromatic rings. The molecule has 1 saturated carbocycles. The normalized spacial score (nSPS) is 15.3. The predicted octanol–water partition coefficient (Wildman–Crippen LogP) is 2.03. The van der Waals surface area contributed by atoms with E-state index in [2.05, 4.69) is 15.5 Å². The van der Waals surface area contributed by atoms with Gasteiger partial charge in [-0.15, -0.1) is 5.10 Å². The quantitative estimate of drug-likeness (QED) is 0.925. The lowest BCUT2D eigenvalue weighted by Gasteiger charge is -2.12. The van der Waals surface area contributed by atoms with Gasteiger partial charge in [0.05, 0.1) is 18.4 Å². The average Bonchev–Trinajstić information content (AvgIpc) is 3.16. The molecule has 0 atom stereocenters. The molecular weight excluding hydrogens is 272 g/mol. The maximum atomic E-state index is 11.4. The number of rotatable bonds is 4. The van der Waals surface area contributed by atoms with Gasteiger partial charge in [-0.1, -0.05) is 12.8 Å². The van der Waals surface area contributed by atoms with Crippen LogP contribution in [0.2, 0.25) is 0 Å². The Hall–Kier alpha value is -2.44. The molecule has 1 aliphatic carbocycles. The molecule has 0 bridgehead atoms. The predicted molar refractivity (Wildman–Crippen MR) is 73.9 cm³/mol. The highest BCUT2D eigenvalue weighted by molar-refractivity contribution is 5.92. The standard InChI is InChI=1S/C14H16N4O3/c1-21-10-6-7-11(14(19)20)12(8-10)18-13(15-16-17-18)9-4-2-3-5-9/h6-9H,2-5H2,1H3,(H,19,20). The zero-order valence-corrected chi connectivity index (χ0v) is 11.7. The summed E-state index contributed by atoms with van der Waals surface area (Å²) in [6.45, 7) is 0. The molecule has 3 rings (SSSR count). The third-order valence-electron chi connectivity index (χ3n) is 3.88. The lowest BCUT2D eigenvalue weighted by atomic mass is 10.1. The van der Waals surface area contributed by atoms with E-state index in [1.54, 1.807) is 12.1 Å². The summed E-state index contributed by atoms with van der Waals surface area (Å²) in [4.78, 5) is 11.4. The number of ether oxygens (including phenoxy) is 1. The van der Waals surface area contributed by atoms with Crippen LogP contribution in [0.5, 0.6) is 5.75 Å². The van der Waals surface area contributed by atoms with E-state index in [4.69, 9.17) is 4.74 Å². The Morgan fingerprint density at radius 2 is 2.14 bits per heavy atom. The van der Waals surface area contributed by atoms with Crippen LogP contribution in [-0.2, 0) is 0 Å². The summed E-state index contributed by atoms with van der Waals surface area (Å²) in [6, 6.07) is 4.78. The van der Waals surface area contributed by atoms with Crippen molar-refractivity contribution < 1.29 is 14.6 Å². The van der Waals surface area contributed by atoms with Crippen LogP contribution in [0.3, 0.4) is 0 Å². The molecule has 1 N–H and O–H groups in total. The smallest absolute Gasteiger partial charge is 0.337 e. The van der Waals surface area contributed by atoms with Crippen LogP contribution in [-0.4, -0.2) is 38.4 Å². The van der Waals surface area contributed by atoms with E-state index in [1.165, 1.54) is 17.9 Å². The van der Waals surface area contributed by atoms with E-state index in [0.717, 1.165) is 31.5 Å². The van der Waals surface area contributed by atoms with E-state index >= 15 is 0 Å². The number of carbonyl (C=O) groups is 1. The minimum absolute atomic E-state index is 0.155. The number of hydrogen-bond donors (Lipinski definition) is 1. The Labute approximate surface area is 121 Å². The number of nitrogens with zero attached hydrogens (tertiary/aromatic N) is 4. The van der Waals surface area contributed by atoms with Crippen molar-refractivity contribution in [1.29, 1.82) is 0 Å². The summed E-state index contributed by atoms with van der Waals surface area (Å²) >= 11 is 0. The molecule has 0 aliphatic heterocycles. The number of carboxylic acids is 1. The summed E-state index contributed by atoms with van der Waals surface area (Å²) in [5, 5.41) is 21.2. The van der Waals surface area contributed by atoms with Crippen molar-refractivity contribution in [2.24, 2.45) is 0 Å². The van der Waals surface area contributed by atoms with Crippen molar-refractivity contribution in [2.45, 2.75) is 31.6 Å². The first-order chi connectivity index (χ1) is 10.2. The van der Waals surface area contributed by atoms with Crippen molar-refractivity contribution in [3.05, 3.63) is 29.6 Å². The van der Waals surface area contributed by atoms with Gasteiger partial charge in [0.15, 0.2) is 5.82 Å². The van der Waals surface area contributed by atoms with Gasteiger partial charge in [-0.2, -0.15) is 4.68 Å². The average molecular weight is 288 g/mol. The first-order valence-corrected chi connectivity index (χ1v) is 6.90. The van der Waals surface area contributed by atoms with Gasteiger partial charge in [0.25, 0.3) is 0 Å². The highest BCUT2D eigenvalue weighted by atomic mass is 16.5. The van der Waals surface area contributed by atoms with Gasteiger partial charge in [0.1, 0.15) is 5.75 Å². The van der Waals surface area contributed by atoms with Gasteiger partial charge in [-0.25, -0.2) is 4.79 Å². The highest BCUT2D eigenvalue weighted by Crippen LogP contribution is 2.34. The molecule has 1 aliphatic rings. The summed E-state index contributed by atoms with van der Waals surface area (Å²) in [5.74, 6) is 0.569. The van der Waals surface area contributed by atoms with E-state index in [0.29, 0.717) is 11.4 Å². The molecule has 1 aromatic carbocycles. The number of tetrazole rings is 1. The van der Waals surface area contributed by atoms with Gasteiger partial charge in [-0.05, 0) is 35.4 Å². The number of aromatic carboxylic acids is 1. The number of hydrogen-bond acceptors (Lipinski definition) is 5. The molecule has 0 spiro atoms. The van der Waals surface area contributed by atoms with E-state index in [9.17, 15) is 9.90 Å². The highest BCUT2D eigenvalue weighted by Gasteiger charge is 2.25. The molecule has 0 radical (unpaired) electrons. The lowest BCUT2D eigenvalue weighted by molar-refractivity contribution is 0.0696. The van der Waals surface area contributed by atoms with Gasteiger partial charge < -0.3 is 9.84 Å². The third kappa shape index (κ3) is 2.46. The van der Waals surface area contributed by atoms with Crippen LogP contribution >= 0.6 is 0 Å². The molecule has 7 nitrogen and oxygen atoms in total. The molecule has 1 heterocycles. The Kier molecular flexibility index (Phi) is 3.55. The molecular formula is C14H16N4O3. The van der Waals surface area contributed by atoms with Crippen molar-refractivity contribution in [3.8, 4) is 11.4 Å². The molecule has 1 aromatic heterocycles. The molecule has 1 fully saturated rings. The van der Waals surface area contributed by atoms with Crippen LogP contribution < -0.4 is 4.74 Å². The Morgan fingerprint density at radius 1 is 1.38 bits per heavy atom. The molecule has 7 heteroatoms. The van der Waals surface area contributed by atoms with Gasteiger partial charge in [0, 0.05) is 12.0 Å². The minimum atomic E-state index is -1.01. The Bertz CT molecular complexity index is 662. The summed E-state index contributed by atoms with van der Waals surface area (Å²) in [7, 11) is 1.54. The zero-order valence-electron chi connectivity index (χ0n) is 11.7. The maximum absolute atomic E-state index is 11.4. The van der Waals surface area contributed by atoms with Crippen LogP contribution in [0.1, 0.15) is 47.8 Å². The minimum Gasteiger partial charge on any atom is -0.497 e. The van der Waals surface area contributed by atoms with Gasteiger partial charge >= 0.3 is 5.97 Å². The molecule has 0 saturated heterocycles. The fourth-order valence-corrected chi connectivity index (χ4v) is 2.80. The van der Waals surface area contributed by atoms with Gasteiger partial charge in [0.2, 0.25) is 0 Å². The topological polar surface area (TPSA) is 90.1 Å². The van der Waals surface area contributed by atoms with Crippen LogP contribution in [0.25, 0.3) is 5.69 Å². The summed E-state index contributed by atoms with van der Waals surface area (Å²) < 4.78 is 6.71. The summed E-state index contributed by atoms with van der Waals surface area (Å²) in [6.07, 6.45) is 4.38. The van der Waals surface area contributed by atoms with Gasteiger partial charge in [-0.3, -0.25) is 0 Å². The number of benzene rings is 1. The first kappa shape index (κ1) is 13.5. The second kappa shape index (κ2) is 5.51. The van der Waals surface area contributed by atoms with E-state index in [1.807, 2.05) is 0 Å². The Balaban J connectivity index is 2.11. The molecule has 0 unspecified atom stereocenters. The molecule has 110 valence electrons. The van der Waals surface area contributed by atoms with E-state index in [-0.39, 0.29) is 11.5 Å². The number of methoxy groups -OCH3 is 1.